The Kier molecular flexibility index (Phi) is 4.54. The average Bonchev–Trinajstić information content (AvgIpc) is 3.07. The third-order valence-electron chi connectivity index (χ3n) is 4.81. The molecule has 138 valence electrons. The summed E-state index contributed by atoms with van der Waals surface area (Å²) in [6.45, 7) is 6.09. The maximum Gasteiger partial charge on any atom is 0.277 e. The molecule has 0 atom stereocenters. The highest BCUT2D eigenvalue weighted by molar-refractivity contribution is 5.71. The van der Waals surface area contributed by atoms with Gasteiger partial charge in [-0.05, 0) is 30.5 Å². The van der Waals surface area contributed by atoms with Gasteiger partial charge in [0.05, 0.1) is 6.67 Å². The average molecular weight is 361 g/mol. The molecule has 3 N–H and O–H groups in total. The highest BCUT2D eigenvalue weighted by atomic mass is 16.1. The number of fused-ring (bicyclic) bond motifs is 1. The van der Waals surface area contributed by atoms with E-state index in [4.69, 9.17) is 0 Å². The molecule has 4 rings (SSSR count). The van der Waals surface area contributed by atoms with Gasteiger partial charge in [0.1, 0.15) is 5.69 Å². The molecule has 0 spiro atoms. The third kappa shape index (κ3) is 3.65. The summed E-state index contributed by atoms with van der Waals surface area (Å²) in [5, 5.41) is 6.38. The first kappa shape index (κ1) is 17.1. The number of H-pyrrole nitrogens is 1. The van der Waals surface area contributed by atoms with Gasteiger partial charge in [-0.25, -0.2) is 0 Å². The fourth-order valence-corrected chi connectivity index (χ4v) is 3.32. The fraction of sp³-hybridized carbons (Fsp3) is 0.238. The minimum atomic E-state index is -0.154. The Morgan fingerprint density at radius 1 is 1.15 bits per heavy atom. The molecule has 0 fully saturated rings. The molecule has 6 heteroatoms. The largest absolute Gasteiger partial charge is 0.360 e. The molecule has 6 nitrogen and oxygen atoms in total. The fourth-order valence-electron chi connectivity index (χ4n) is 3.32. The standard InChI is InChI=1S/C21H23N5O/c1-14-8-9-17(15(2)10-14)12-26-13-23-18-19(26)24-21(25-20(18)27)22-11-16-6-4-3-5-7-16/h3-10,23H,11-13H2,1-2H3,(H2,22,24,25,27). The van der Waals surface area contributed by atoms with Crippen molar-refractivity contribution in [3.63, 3.8) is 0 Å². The van der Waals surface area contributed by atoms with Crippen LogP contribution in [-0.4, -0.2) is 16.6 Å². The predicted molar refractivity (Wildman–Crippen MR) is 109 cm³/mol. The molecule has 0 saturated carbocycles. The summed E-state index contributed by atoms with van der Waals surface area (Å²) in [5.41, 5.74) is 5.24. The number of nitrogens with one attached hydrogen (secondary N) is 3. The van der Waals surface area contributed by atoms with E-state index in [0.29, 0.717) is 37.2 Å². The summed E-state index contributed by atoms with van der Waals surface area (Å²) >= 11 is 0. The first-order chi connectivity index (χ1) is 13.1. The maximum absolute atomic E-state index is 12.4. The van der Waals surface area contributed by atoms with Crippen LogP contribution in [0.3, 0.4) is 0 Å². The van der Waals surface area contributed by atoms with E-state index in [-0.39, 0.29) is 5.56 Å². The van der Waals surface area contributed by atoms with Crippen LogP contribution in [-0.2, 0) is 13.1 Å². The first-order valence-corrected chi connectivity index (χ1v) is 9.07. The second-order valence-electron chi connectivity index (χ2n) is 6.92. The second kappa shape index (κ2) is 7.15. The van der Waals surface area contributed by atoms with Crippen LogP contribution in [0.4, 0.5) is 17.5 Å². The van der Waals surface area contributed by atoms with Crippen molar-refractivity contribution in [1.82, 2.24) is 9.97 Å². The Hall–Kier alpha value is -3.28. The number of anilines is 3. The molecule has 0 radical (unpaired) electrons. The highest BCUT2D eigenvalue weighted by Crippen LogP contribution is 2.28. The van der Waals surface area contributed by atoms with Crippen LogP contribution in [0.2, 0.25) is 0 Å². The molecule has 0 unspecified atom stereocenters. The number of aromatic nitrogens is 2. The lowest BCUT2D eigenvalue weighted by molar-refractivity contribution is 0.848. The SMILES string of the molecule is Cc1ccc(CN2CNc3c2nc(NCc2ccccc2)[nH]c3=O)c(C)c1. The molecule has 0 saturated heterocycles. The molecule has 0 aliphatic carbocycles. The molecular weight excluding hydrogens is 338 g/mol. The van der Waals surface area contributed by atoms with E-state index in [2.05, 4.69) is 57.5 Å². The van der Waals surface area contributed by atoms with Gasteiger partial charge in [0.2, 0.25) is 5.95 Å². The Morgan fingerprint density at radius 3 is 2.74 bits per heavy atom. The molecule has 1 aliphatic heterocycles. The van der Waals surface area contributed by atoms with Gasteiger partial charge in [-0.15, -0.1) is 0 Å². The summed E-state index contributed by atoms with van der Waals surface area (Å²) < 4.78 is 0. The van der Waals surface area contributed by atoms with Crippen LogP contribution in [0, 0.1) is 13.8 Å². The van der Waals surface area contributed by atoms with Crippen molar-refractivity contribution in [3.05, 3.63) is 81.1 Å². The van der Waals surface area contributed by atoms with Gasteiger partial charge in [0.15, 0.2) is 5.82 Å². The monoisotopic (exact) mass is 361 g/mol. The van der Waals surface area contributed by atoms with E-state index in [9.17, 15) is 4.79 Å². The molecule has 1 aromatic heterocycles. The van der Waals surface area contributed by atoms with Crippen LogP contribution in [0.5, 0.6) is 0 Å². The number of aryl methyl sites for hydroxylation is 2. The number of aromatic amines is 1. The van der Waals surface area contributed by atoms with E-state index >= 15 is 0 Å². The van der Waals surface area contributed by atoms with Gasteiger partial charge in [-0.2, -0.15) is 4.98 Å². The van der Waals surface area contributed by atoms with Crippen LogP contribution in [0.15, 0.2) is 53.3 Å². The van der Waals surface area contributed by atoms with E-state index in [1.54, 1.807) is 0 Å². The Bertz CT molecular complexity index is 1010. The minimum Gasteiger partial charge on any atom is -0.360 e. The number of hydrogen-bond donors (Lipinski definition) is 3. The quantitative estimate of drug-likeness (QED) is 0.650. The zero-order valence-corrected chi connectivity index (χ0v) is 15.5. The van der Waals surface area contributed by atoms with Crippen molar-refractivity contribution < 1.29 is 0 Å². The molecule has 2 heterocycles. The first-order valence-electron chi connectivity index (χ1n) is 9.07. The number of benzene rings is 2. The summed E-state index contributed by atoms with van der Waals surface area (Å²) in [6.07, 6.45) is 0. The van der Waals surface area contributed by atoms with Crippen molar-refractivity contribution in [2.75, 3.05) is 22.2 Å². The molecular formula is C21H23N5O. The molecule has 1 aliphatic rings. The van der Waals surface area contributed by atoms with Crippen molar-refractivity contribution in [2.24, 2.45) is 0 Å². The lowest BCUT2D eigenvalue weighted by Gasteiger charge is -2.19. The number of rotatable bonds is 5. The maximum atomic E-state index is 12.4. The summed E-state index contributed by atoms with van der Waals surface area (Å²) in [6, 6.07) is 16.5. The van der Waals surface area contributed by atoms with Crippen molar-refractivity contribution >= 4 is 17.5 Å². The zero-order chi connectivity index (χ0) is 18.8. The lowest BCUT2D eigenvalue weighted by atomic mass is 10.1. The van der Waals surface area contributed by atoms with Crippen LogP contribution < -0.4 is 21.1 Å². The Labute approximate surface area is 158 Å². The van der Waals surface area contributed by atoms with Gasteiger partial charge < -0.3 is 15.5 Å². The smallest absolute Gasteiger partial charge is 0.277 e. The van der Waals surface area contributed by atoms with E-state index in [0.717, 1.165) is 5.56 Å². The van der Waals surface area contributed by atoms with E-state index in [1.807, 2.05) is 30.3 Å². The lowest BCUT2D eigenvalue weighted by Crippen LogP contribution is -2.23. The topological polar surface area (TPSA) is 73.0 Å². The predicted octanol–water partition coefficient (Wildman–Crippen LogP) is 3.39. The van der Waals surface area contributed by atoms with Gasteiger partial charge in [0.25, 0.3) is 5.56 Å². The number of hydrogen-bond acceptors (Lipinski definition) is 5. The van der Waals surface area contributed by atoms with E-state index in [1.165, 1.54) is 16.7 Å². The Morgan fingerprint density at radius 2 is 1.96 bits per heavy atom. The molecule has 2 aromatic carbocycles. The molecule has 0 bridgehead atoms. The van der Waals surface area contributed by atoms with Crippen molar-refractivity contribution in [1.29, 1.82) is 0 Å². The number of nitrogens with zero attached hydrogens (tertiary/aromatic N) is 2. The van der Waals surface area contributed by atoms with Crippen LogP contribution >= 0.6 is 0 Å². The summed E-state index contributed by atoms with van der Waals surface area (Å²) in [5.74, 6) is 1.17. The van der Waals surface area contributed by atoms with Gasteiger partial charge in [-0.3, -0.25) is 9.78 Å². The highest BCUT2D eigenvalue weighted by Gasteiger charge is 2.24. The minimum absolute atomic E-state index is 0.154. The molecule has 27 heavy (non-hydrogen) atoms. The van der Waals surface area contributed by atoms with Gasteiger partial charge >= 0.3 is 0 Å². The van der Waals surface area contributed by atoms with E-state index < -0.39 is 0 Å². The van der Waals surface area contributed by atoms with Crippen LogP contribution in [0.1, 0.15) is 22.3 Å². The Balaban J connectivity index is 1.56. The second-order valence-corrected chi connectivity index (χ2v) is 6.92. The normalized spacial score (nSPS) is 12.6. The molecule has 0 amide bonds. The van der Waals surface area contributed by atoms with Crippen LogP contribution in [0.25, 0.3) is 0 Å². The summed E-state index contributed by atoms with van der Waals surface area (Å²) in [4.78, 5) is 22.0. The van der Waals surface area contributed by atoms with Crippen molar-refractivity contribution in [3.8, 4) is 0 Å². The van der Waals surface area contributed by atoms with Gasteiger partial charge in [-0.1, -0.05) is 54.1 Å². The van der Waals surface area contributed by atoms with Gasteiger partial charge in [0, 0.05) is 13.1 Å². The summed E-state index contributed by atoms with van der Waals surface area (Å²) in [7, 11) is 0. The van der Waals surface area contributed by atoms with Crippen molar-refractivity contribution in [2.45, 2.75) is 26.9 Å². The molecule has 3 aromatic rings. The zero-order valence-electron chi connectivity index (χ0n) is 15.5. The third-order valence-corrected chi connectivity index (χ3v) is 4.81.